The van der Waals surface area contributed by atoms with Gasteiger partial charge in [0.2, 0.25) is 0 Å². The van der Waals surface area contributed by atoms with Gasteiger partial charge in [0.05, 0.1) is 4.88 Å². The summed E-state index contributed by atoms with van der Waals surface area (Å²) in [6.07, 6.45) is 0. The highest BCUT2D eigenvalue weighted by Gasteiger charge is 2.22. The molecule has 0 aliphatic carbocycles. The summed E-state index contributed by atoms with van der Waals surface area (Å²) in [5, 5.41) is 11.4. The minimum Gasteiger partial charge on any atom is -0.508 e. The van der Waals surface area contributed by atoms with E-state index in [0.717, 1.165) is 23.7 Å². The number of benzene rings is 1. The maximum Gasteiger partial charge on any atom is 0.264 e. The van der Waals surface area contributed by atoms with Crippen LogP contribution in [-0.4, -0.2) is 42.1 Å². The quantitative estimate of drug-likeness (QED) is 0.923. The average molecular weight is 288 g/mol. The van der Waals surface area contributed by atoms with E-state index in [4.69, 9.17) is 0 Å². The van der Waals surface area contributed by atoms with Crippen molar-refractivity contribution in [2.24, 2.45) is 0 Å². The molecule has 1 aliphatic heterocycles. The predicted octanol–water partition coefficient (Wildman–Crippen LogP) is 2.42. The molecule has 0 spiro atoms. The Hall–Kier alpha value is -2.01. The van der Waals surface area contributed by atoms with Crippen LogP contribution in [0.3, 0.4) is 0 Å². The first-order valence-electron chi connectivity index (χ1n) is 6.61. The highest BCUT2D eigenvalue weighted by molar-refractivity contribution is 7.12. The van der Waals surface area contributed by atoms with Gasteiger partial charge in [0.15, 0.2) is 0 Å². The summed E-state index contributed by atoms with van der Waals surface area (Å²) < 4.78 is 0. The van der Waals surface area contributed by atoms with E-state index in [1.54, 1.807) is 12.1 Å². The molecule has 0 radical (unpaired) electrons. The second-order valence-corrected chi connectivity index (χ2v) is 5.72. The molecule has 3 rings (SSSR count). The Morgan fingerprint density at radius 2 is 1.90 bits per heavy atom. The summed E-state index contributed by atoms with van der Waals surface area (Å²) in [7, 11) is 0. The number of thiophene rings is 1. The van der Waals surface area contributed by atoms with Crippen molar-refractivity contribution >= 4 is 22.9 Å². The van der Waals surface area contributed by atoms with Crippen molar-refractivity contribution in [1.82, 2.24) is 4.90 Å². The van der Waals surface area contributed by atoms with Gasteiger partial charge in [0.1, 0.15) is 5.75 Å². The van der Waals surface area contributed by atoms with Crippen LogP contribution in [-0.2, 0) is 0 Å². The van der Waals surface area contributed by atoms with Crippen LogP contribution in [0.2, 0.25) is 0 Å². The van der Waals surface area contributed by atoms with Crippen LogP contribution in [0.25, 0.3) is 0 Å². The Morgan fingerprint density at radius 1 is 1.10 bits per heavy atom. The van der Waals surface area contributed by atoms with Gasteiger partial charge in [-0.25, -0.2) is 0 Å². The fourth-order valence-corrected chi connectivity index (χ4v) is 3.10. The van der Waals surface area contributed by atoms with Crippen LogP contribution < -0.4 is 4.90 Å². The molecule has 1 aliphatic rings. The van der Waals surface area contributed by atoms with Gasteiger partial charge >= 0.3 is 0 Å². The number of rotatable bonds is 2. The number of piperazine rings is 1. The third kappa shape index (κ3) is 2.63. The van der Waals surface area contributed by atoms with Crippen LogP contribution in [0.5, 0.6) is 5.75 Å². The molecule has 0 atom stereocenters. The second kappa shape index (κ2) is 5.54. The predicted molar refractivity (Wildman–Crippen MR) is 80.5 cm³/mol. The van der Waals surface area contributed by atoms with E-state index in [1.807, 2.05) is 34.5 Å². The van der Waals surface area contributed by atoms with Gasteiger partial charge < -0.3 is 14.9 Å². The lowest BCUT2D eigenvalue weighted by Gasteiger charge is -2.36. The number of carbonyl (C=O) groups is 1. The molecule has 1 aromatic carbocycles. The van der Waals surface area contributed by atoms with Crippen molar-refractivity contribution in [2.45, 2.75) is 0 Å². The topological polar surface area (TPSA) is 43.8 Å². The second-order valence-electron chi connectivity index (χ2n) is 4.78. The molecule has 0 unspecified atom stereocenters. The number of amides is 1. The molecule has 1 amide bonds. The molecule has 2 heterocycles. The van der Waals surface area contributed by atoms with E-state index in [0.29, 0.717) is 13.1 Å². The third-order valence-corrected chi connectivity index (χ3v) is 4.35. The average Bonchev–Trinajstić information content (AvgIpc) is 3.01. The molecule has 1 N–H and O–H groups in total. The normalized spacial score (nSPS) is 15.4. The van der Waals surface area contributed by atoms with Crippen LogP contribution in [0.15, 0.2) is 41.8 Å². The Labute approximate surface area is 121 Å². The zero-order valence-corrected chi connectivity index (χ0v) is 11.8. The molecular weight excluding hydrogens is 272 g/mol. The van der Waals surface area contributed by atoms with Gasteiger partial charge in [-0.15, -0.1) is 11.3 Å². The van der Waals surface area contributed by atoms with Gasteiger partial charge in [0.25, 0.3) is 5.91 Å². The van der Waals surface area contributed by atoms with Gasteiger partial charge in [-0.3, -0.25) is 4.79 Å². The van der Waals surface area contributed by atoms with Crippen molar-refractivity contribution in [3.8, 4) is 5.75 Å². The van der Waals surface area contributed by atoms with Gasteiger partial charge in [-0.2, -0.15) is 0 Å². The van der Waals surface area contributed by atoms with Crippen LogP contribution >= 0.6 is 11.3 Å². The zero-order valence-electron chi connectivity index (χ0n) is 11.0. The summed E-state index contributed by atoms with van der Waals surface area (Å²) in [4.78, 5) is 17.1. The first-order valence-corrected chi connectivity index (χ1v) is 7.49. The van der Waals surface area contributed by atoms with Crippen molar-refractivity contribution < 1.29 is 9.90 Å². The Bertz CT molecular complexity index is 590. The van der Waals surface area contributed by atoms with Crippen LogP contribution in [0.4, 0.5) is 5.69 Å². The van der Waals surface area contributed by atoms with E-state index in [1.165, 1.54) is 11.3 Å². The number of aromatic hydroxyl groups is 1. The largest absolute Gasteiger partial charge is 0.508 e. The van der Waals surface area contributed by atoms with Crippen LogP contribution in [0, 0.1) is 0 Å². The SMILES string of the molecule is O=C(c1cccs1)N1CCN(c2cccc(O)c2)CC1. The Kier molecular flexibility index (Phi) is 3.60. The highest BCUT2D eigenvalue weighted by Crippen LogP contribution is 2.22. The minimum absolute atomic E-state index is 0.121. The first kappa shape index (κ1) is 13.0. The smallest absolute Gasteiger partial charge is 0.264 e. The Balaban J connectivity index is 1.64. The van der Waals surface area contributed by atoms with Gasteiger partial charge in [-0.1, -0.05) is 12.1 Å². The number of nitrogens with zero attached hydrogens (tertiary/aromatic N) is 2. The number of hydrogen-bond donors (Lipinski definition) is 1. The summed E-state index contributed by atoms with van der Waals surface area (Å²) >= 11 is 1.49. The monoisotopic (exact) mass is 288 g/mol. The minimum atomic E-state index is 0.121. The molecule has 104 valence electrons. The summed E-state index contributed by atoms with van der Waals surface area (Å²) in [6.45, 7) is 3.01. The molecule has 20 heavy (non-hydrogen) atoms. The summed E-state index contributed by atoms with van der Waals surface area (Å²) in [5.41, 5.74) is 1.01. The summed E-state index contributed by atoms with van der Waals surface area (Å²) in [5.74, 6) is 0.398. The number of carbonyl (C=O) groups excluding carboxylic acids is 1. The van der Waals surface area contributed by atoms with Gasteiger partial charge in [-0.05, 0) is 23.6 Å². The maximum absolute atomic E-state index is 12.2. The molecule has 1 aromatic heterocycles. The first-order chi connectivity index (χ1) is 9.74. The van der Waals surface area contributed by atoms with E-state index in [9.17, 15) is 9.90 Å². The standard InChI is InChI=1S/C15H16N2O2S/c18-13-4-1-3-12(11-13)16-6-8-17(9-7-16)15(19)14-5-2-10-20-14/h1-5,10-11,18H,6-9H2. The molecule has 1 saturated heterocycles. The van der Waals surface area contributed by atoms with E-state index in [-0.39, 0.29) is 11.7 Å². The molecule has 0 saturated carbocycles. The fraction of sp³-hybridized carbons (Fsp3) is 0.267. The number of hydrogen-bond acceptors (Lipinski definition) is 4. The molecule has 4 nitrogen and oxygen atoms in total. The Morgan fingerprint density at radius 3 is 2.55 bits per heavy atom. The fourth-order valence-electron chi connectivity index (χ4n) is 2.41. The maximum atomic E-state index is 12.2. The van der Waals surface area contributed by atoms with E-state index in [2.05, 4.69) is 4.90 Å². The van der Waals surface area contributed by atoms with Crippen molar-refractivity contribution in [2.75, 3.05) is 31.1 Å². The molecular formula is C15H16N2O2S. The molecule has 1 fully saturated rings. The van der Waals surface area contributed by atoms with Crippen LogP contribution in [0.1, 0.15) is 9.67 Å². The zero-order chi connectivity index (χ0) is 13.9. The molecule has 5 heteroatoms. The lowest BCUT2D eigenvalue weighted by atomic mass is 10.2. The molecule has 0 bridgehead atoms. The molecule has 2 aromatic rings. The number of phenolic OH excluding ortho intramolecular Hbond substituents is 1. The van der Waals surface area contributed by atoms with E-state index < -0.39 is 0 Å². The van der Waals surface area contributed by atoms with Crippen molar-refractivity contribution in [1.29, 1.82) is 0 Å². The van der Waals surface area contributed by atoms with Crippen molar-refractivity contribution in [3.63, 3.8) is 0 Å². The highest BCUT2D eigenvalue weighted by atomic mass is 32.1. The van der Waals surface area contributed by atoms with E-state index >= 15 is 0 Å². The number of anilines is 1. The third-order valence-electron chi connectivity index (χ3n) is 3.49. The lowest BCUT2D eigenvalue weighted by Crippen LogP contribution is -2.48. The van der Waals surface area contributed by atoms with Gasteiger partial charge in [0, 0.05) is 37.9 Å². The lowest BCUT2D eigenvalue weighted by molar-refractivity contribution is 0.0751. The number of phenols is 1. The summed E-state index contributed by atoms with van der Waals surface area (Å²) in [6, 6.07) is 11.0. The van der Waals surface area contributed by atoms with Crippen molar-refractivity contribution in [3.05, 3.63) is 46.7 Å².